The monoisotopic (exact) mass is 531 g/mol. The fraction of sp³-hybridized carbons (Fsp3) is 0.276. The fourth-order valence-electron chi connectivity index (χ4n) is 4.45. The number of aryl methyl sites for hydroxylation is 1. The first-order valence-electron chi connectivity index (χ1n) is 12.5. The summed E-state index contributed by atoms with van der Waals surface area (Å²) in [5.74, 6) is -0.755. The Labute approximate surface area is 225 Å². The van der Waals surface area contributed by atoms with Gasteiger partial charge in [0.25, 0.3) is 0 Å². The SMILES string of the molecule is CCOC(=O)C1=C(O)/C(=C/c2cn(CC(=O)N3CCOCC3)c3ccccc23)SC1=Nc1ccc(C)cc1. The van der Waals surface area contributed by atoms with E-state index in [1.807, 2.05) is 77.2 Å². The minimum atomic E-state index is -0.620. The molecular formula is C29H29N3O5S. The third kappa shape index (κ3) is 5.39. The van der Waals surface area contributed by atoms with Crippen molar-refractivity contribution in [2.45, 2.75) is 20.4 Å². The molecule has 9 heteroatoms. The van der Waals surface area contributed by atoms with Crippen LogP contribution in [0.15, 0.2) is 76.0 Å². The zero-order valence-electron chi connectivity index (χ0n) is 21.3. The van der Waals surface area contributed by atoms with Gasteiger partial charge < -0.3 is 24.0 Å². The molecule has 3 heterocycles. The van der Waals surface area contributed by atoms with Crippen molar-refractivity contribution in [3.8, 4) is 0 Å². The van der Waals surface area contributed by atoms with E-state index in [4.69, 9.17) is 9.47 Å². The van der Waals surface area contributed by atoms with E-state index in [0.717, 1.165) is 22.0 Å². The molecule has 196 valence electrons. The number of rotatable bonds is 6. The number of aliphatic hydroxyl groups is 1. The van der Waals surface area contributed by atoms with Crippen molar-refractivity contribution in [1.82, 2.24) is 9.47 Å². The molecule has 1 saturated heterocycles. The van der Waals surface area contributed by atoms with E-state index in [2.05, 4.69) is 4.99 Å². The van der Waals surface area contributed by atoms with Crippen LogP contribution >= 0.6 is 11.8 Å². The number of nitrogens with zero attached hydrogens (tertiary/aromatic N) is 3. The van der Waals surface area contributed by atoms with Gasteiger partial charge in [0.2, 0.25) is 5.91 Å². The largest absolute Gasteiger partial charge is 0.506 e. The lowest BCUT2D eigenvalue weighted by Crippen LogP contribution is -2.42. The number of morpholine rings is 1. The third-order valence-corrected chi connectivity index (χ3v) is 7.43. The second-order valence-electron chi connectivity index (χ2n) is 9.03. The van der Waals surface area contributed by atoms with E-state index >= 15 is 0 Å². The molecule has 0 atom stereocenters. The summed E-state index contributed by atoms with van der Waals surface area (Å²) in [6, 6.07) is 15.4. The molecule has 1 N–H and O–H groups in total. The van der Waals surface area contributed by atoms with Gasteiger partial charge in [-0.1, -0.05) is 47.7 Å². The van der Waals surface area contributed by atoms with Crippen molar-refractivity contribution in [1.29, 1.82) is 0 Å². The highest BCUT2D eigenvalue weighted by Gasteiger charge is 2.33. The molecule has 1 aromatic heterocycles. The Hall–Kier alpha value is -3.82. The molecule has 1 amide bonds. The molecular weight excluding hydrogens is 502 g/mol. The molecule has 0 aliphatic carbocycles. The molecule has 0 radical (unpaired) electrons. The number of para-hydroxylation sites is 1. The molecule has 0 saturated carbocycles. The first-order chi connectivity index (χ1) is 18.4. The first kappa shape index (κ1) is 25.8. The van der Waals surface area contributed by atoms with Crippen molar-refractivity contribution in [3.05, 3.63) is 82.1 Å². The summed E-state index contributed by atoms with van der Waals surface area (Å²) in [6.07, 6.45) is 3.73. The number of ether oxygens (including phenoxy) is 2. The second kappa shape index (κ2) is 11.3. The smallest absolute Gasteiger partial charge is 0.344 e. The minimum Gasteiger partial charge on any atom is -0.506 e. The van der Waals surface area contributed by atoms with Crippen LogP contribution in [-0.2, 0) is 25.6 Å². The Kier molecular flexibility index (Phi) is 7.67. The van der Waals surface area contributed by atoms with Gasteiger partial charge in [-0.3, -0.25) is 4.79 Å². The standard InChI is InChI=1S/C29H29N3O5S/c1-3-37-29(35)26-27(34)24(38-28(26)30-21-10-8-19(2)9-11-21)16-20-17-32(23-7-5-4-6-22(20)23)18-25(33)31-12-14-36-15-13-31/h4-11,16-17,34H,3,12-15,18H2,1-2H3/b24-16-,30-28?. The quantitative estimate of drug-likeness (QED) is 0.450. The highest BCUT2D eigenvalue weighted by molar-refractivity contribution is 8.18. The van der Waals surface area contributed by atoms with Crippen molar-refractivity contribution in [2.75, 3.05) is 32.9 Å². The van der Waals surface area contributed by atoms with Crippen LogP contribution in [0, 0.1) is 6.92 Å². The average Bonchev–Trinajstić information content (AvgIpc) is 3.42. The summed E-state index contributed by atoms with van der Waals surface area (Å²) in [7, 11) is 0. The predicted molar refractivity (Wildman–Crippen MR) is 149 cm³/mol. The number of amides is 1. The summed E-state index contributed by atoms with van der Waals surface area (Å²) in [6.45, 7) is 6.37. The molecule has 0 unspecified atom stereocenters. The van der Waals surface area contributed by atoms with E-state index < -0.39 is 5.97 Å². The summed E-state index contributed by atoms with van der Waals surface area (Å²) in [5.41, 5.74) is 3.55. The van der Waals surface area contributed by atoms with Gasteiger partial charge in [0.05, 0.1) is 30.4 Å². The van der Waals surface area contributed by atoms with Gasteiger partial charge in [-0.05, 0) is 38.1 Å². The molecule has 3 aromatic rings. The maximum atomic E-state index is 12.9. The van der Waals surface area contributed by atoms with Gasteiger partial charge >= 0.3 is 5.97 Å². The maximum absolute atomic E-state index is 12.9. The number of carbonyl (C=O) groups excluding carboxylic acids is 2. The van der Waals surface area contributed by atoms with Crippen LogP contribution in [0.2, 0.25) is 0 Å². The number of aromatic nitrogens is 1. The van der Waals surface area contributed by atoms with E-state index in [0.29, 0.717) is 41.9 Å². The number of thioether (sulfide) groups is 1. The Bertz CT molecular complexity index is 1460. The zero-order chi connectivity index (χ0) is 26.6. The minimum absolute atomic E-state index is 0.0309. The Morgan fingerprint density at radius 3 is 2.61 bits per heavy atom. The van der Waals surface area contributed by atoms with Crippen LogP contribution in [0.4, 0.5) is 5.69 Å². The molecule has 0 bridgehead atoms. The highest BCUT2D eigenvalue weighted by Crippen LogP contribution is 2.41. The van der Waals surface area contributed by atoms with E-state index in [9.17, 15) is 14.7 Å². The van der Waals surface area contributed by atoms with Crippen LogP contribution < -0.4 is 0 Å². The average molecular weight is 532 g/mol. The summed E-state index contributed by atoms with van der Waals surface area (Å²) in [4.78, 5) is 32.7. The first-order valence-corrected chi connectivity index (χ1v) is 13.4. The number of fused-ring (bicyclic) bond motifs is 1. The molecule has 2 aromatic carbocycles. The van der Waals surface area contributed by atoms with Crippen molar-refractivity contribution in [3.63, 3.8) is 0 Å². The highest BCUT2D eigenvalue weighted by atomic mass is 32.2. The lowest BCUT2D eigenvalue weighted by atomic mass is 10.1. The molecule has 2 aliphatic rings. The Morgan fingerprint density at radius 2 is 1.87 bits per heavy atom. The lowest BCUT2D eigenvalue weighted by molar-refractivity contribution is -0.138. The number of esters is 1. The number of benzene rings is 2. The number of hydrogen-bond acceptors (Lipinski definition) is 7. The third-order valence-electron chi connectivity index (χ3n) is 6.41. The van der Waals surface area contributed by atoms with E-state index in [1.54, 1.807) is 6.92 Å². The van der Waals surface area contributed by atoms with Gasteiger partial charge in [-0.2, -0.15) is 0 Å². The summed E-state index contributed by atoms with van der Waals surface area (Å²) >= 11 is 1.22. The second-order valence-corrected chi connectivity index (χ2v) is 10.1. The van der Waals surface area contributed by atoms with Gasteiger partial charge in [-0.25, -0.2) is 9.79 Å². The van der Waals surface area contributed by atoms with Gasteiger partial charge in [0.15, 0.2) is 0 Å². The molecule has 5 rings (SSSR count). The van der Waals surface area contributed by atoms with Gasteiger partial charge in [0.1, 0.15) is 22.9 Å². The molecule has 2 aliphatic heterocycles. The molecule has 1 fully saturated rings. The molecule has 0 spiro atoms. The fourth-order valence-corrected chi connectivity index (χ4v) is 5.48. The van der Waals surface area contributed by atoms with Crippen molar-refractivity contribution in [2.24, 2.45) is 4.99 Å². The van der Waals surface area contributed by atoms with Gasteiger partial charge in [0, 0.05) is 35.8 Å². The van der Waals surface area contributed by atoms with Crippen LogP contribution in [0.5, 0.6) is 0 Å². The Balaban J connectivity index is 1.51. The van der Waals surface area contributed by atoms with Crippen LogP contribution in [0.1, 0.15) is 18.1 Å². The van der Waals surface area contributed by atoms with Crippen LogP contribution in [0.25, 0.3) is 17.0 Å². The summed E-state index contributed by atoms with van der Waals surface area (Å²) in [5, 5.41) is 12.4. The number of carbonyl (C=O) groups is 2. The van der Waals surface area contributed by atoms with Crippen molar-refractivity contribution < 1.29 is 24.2 Å². The molecule has 38 heavy (non-hydrogen) atoms. The van der Waals surface area contributed by atoms with E-state index in [-0.39, 0.29) is 30.4 Å². The normalized spacial score (nSPS) is 18.1. The van der Waals surface area contributed by atoms with Gasteiger partial charge in [-0.15, -0.1) is 0 Å². The predicted octanol–water partition coefficient (Wildman–Crippen LogP) is 5.00. The van der Waals surface area contributed by atoms with Crippen LogP contribution in [0.3, 0.4) is 0 Å². The Morgan fingerprint density at radius 1 is 1.13 bits per heavy atom. The van der Waals surface area contributed by atoms with E-state index in [1.165, 1.54) is 11.8 Å². The number of aliphatic hydroxyl groups excluding tert-OH is 1. The maximum Gasteiger partial charge on any atom is 0.344 e. The zero-order valence-corrected chi connectivity index (χ0v) is 22.2. The molecule has 8 nitrogen and oxygen atoms in total. The number of aliphatic imine (C=N–C) groups is 1. The topological polar surface area (TPSA) is 93.4 Å². The summed E-state index contributed by atoms with van der Waals surface area (Å²) < 4.78 is 12.5. The number of hydrogen-bond donors (Lipinski definition) is 1. The lowest BCUT2D eigenvalue weighted by Gasteiger charge is -2.27. The van der Waals surface area contributed by atoms with Crippen LogP contribution in [-0.4, -0.2) is 64.4 Å². The van der Waals surface area contributed by atoms with Crippen molar-refractivity contribution >= 4 is 51.3 Å².